The first-order valence-electron chi connectivity index (χ1n) is 8.97. The van der Waals surface area contributed by atoms with Gasteiger partial charge in [0.05, 0.1) is 17.7 Å². The number of carbonyl (C=O) groups excluding carboxylic acids is 2. The second-order valence-electron chi connectivity index (χ2n) is 6.45. The van der Waals surface area contributed by atoms with E-state index in [1.54, 1.807) is 24.3 Å². The Balaban J connectivity index is 1.78. The van der Waals surface area contributed by atoms with Crippen LogP contribution < -0.4 is 10.1 Å². The molecular formula is C20H26N2O5. The Morgan fingerprint density at radius 2 is 1.93 bits per heavy atom. The number of rotatable bonds is 9. The highest BCUT2D eigenvalue weighted by Crippen LogP contribution is 2.18. The molecule has 1 aromatic carbocycles. The lowest BCUT2D eigenvalue weighted by Crippen LogP contribution is -2.35. The largest absolute Gasteiger partial charge is 0.489 e. The summed E-state index contributed by atoms with van der Waals surface area (Å²) in [5.74, 6) is 0.684. The molecule has 0 radical (unpaired) electrons. The number of benzene rings is 1. The van der Waals surface area contributed by atoms with Gasteiger partial charge in [-0.15, -0.1) is 0 Å². The minimum atomic E-state index is -0.446. The van der Waals surface area contributed by atoms with Crippen molar-refractivity contribution in [2.75, 3.05) is 6.61 Å². The smallest absolute Gasteiger partial charge is 0.310 e. The summed E-state index contributed by atoms with van der Waals surface area (Å²) in [5, 5.41) is 6.64. The summed E-state index contributed by atoms with van der Waals surface area (Å²) in [5.41, 5.74) is 2.52. The maximum Gasteiger partial charge on any atom is 0.310 e. The van der Waals surface area contributed by atoms with Crippen molar-refractivity contribution >= 4 is 11.9 Å². The molecular weight excluding hydrogens is 348 g/mol. The van der Waals surface area contributed by atoms with Gasteiger partial charge in [-0.2, -0.15) is 0 Å². The SMILES string of the molecule is CC[C@H](C)NC(=O)COC(=O)Cc1ccc(OCc2c(C)noc2C)cc1. The van der Waals surface area contributed by atoms with E-state index in [1.807, 2.05) is 27.7 Å². The Morgan fingerprint density at radius 1 is 1.22 bits per heavy atom. The second-order valence-corrected chi connectivity index (χ2v) is 6.45. The van der Waals surface area contributed by atoms with Crippen LogP contribution in [-0.2, 0) is 27.4 Å². The van der Waals surface area contributed by atoms with Gasteiger partial charge in [0.15, 0.2) is 6.61 Å². The molecule has 7 nitrogen and oxygen atoms in total. The minimum absolute atomic E-state index is 0.0640. The van der Waals surface area contributed by atoms with Gasteiger partial charge in [0.25, 0.3) is 5.91 Å². The van der Waals surface area contributed by atoms with Gasteiger partial charge >= 0.3 is 5.97 Å². The number of aromatic nitrogens is 1. The van der Waals surface area contributed by atoms with Gasteiger partial charge in [0.1, 0.15) is 18.1 Å². The maximum absolute atomic E-state index is 11.9. The van der Waals surface area contributed by atoms with E-state index in [2.05, 4.69) is 10.5 Å². The van der Waals surface area contributed by atoms with Crippen molar-refractivity contribution in [3.05, 3.63) is 46.8 Å². The number of hydrogen-bond donors (Lipinski definition) is 1. The average molecular weight is 374 g/mol. The lowest BCUT2D eigenvalue weighted by Gasteiger charge is -2.11. The topological polar surface area (TPSA) is 90.7 Å². The monoisotopic (exact) mass is 374 g/mol. The molecule has 0 saturated carbocycles. The lowest BCUT2D eigenvalue weighted by molar-refractivity contribution is -0.148. The van der Waals surface area contributed by atoms with Crippen LogP contribution in [0.1, 0.15) is 42.8 Å². The van der Waals surface area contributed by atoms with E-state index in [4.69, 9.17) is 14.0 Å². The van der Waals surface area contributed by atoms with Crippen LogP contribution >= 0.6 is 0 Å². The second kappa shape index (κ2) is 9.75. The predicted molar refractivity (Wildman–Crippen MR) is 99.3 cm³/mol. The number of ether oxygens (including phenoxy) is 2. The maximum atomic E-state index is 11.9. The van der Waals surface area contributed by atoms with Crippen LogP contribution in [0.15, 0.2) is 28.8 Å². The standard InChI is InChI=1S/C20H26N2O5/c1-5-13(2)21-19(23)12-26-20(24)10-16-6-8-17(9-7-16)25-11-18-14(3)22-27-15(18)4/h6-9,13H,5,10-12H2,1-4H3,(H,21,23)/t13-/m0/s1. The minimum Gasteiger partial charge on any atom is -0.489 e. The molecule has 0 aliphatic carbocycles. The summed E-state index contributed by atoms with van der Waals surface area (Å²) in [7, 11) is 0. The van der Waals surface area contributed by atoms with E-state index in [9.17, 15) is 9.59 Å². The quantitative estimate of drug-likeness (QED) is 0.679. The first-order chi connectivity index (χ1) is 12.9. The molecule has 0 unspecified atom stereocenters. The van der Waals surface area contributed by atoms with E-state index in [0.717, 1.165) is 29.0 Å². The summed E-state index contributed by atoms with van der Waals surface area (Å²) >= 11 is 0. The van der Waals surface area contributed by atoms with E-state index in [0.29, 0.717) is 12.4 Å². The normalized spacial score (nSPS) is 11.7. The Morgan fingerprint density at radius 3 is 2.52 bits per heavy atom. The lowest BCUT2D eigenvalue weighted by atomic mass is 10.1. The van der Waals surface area contributed by atoms with Crippen LogP contribution in [-0.4, -0.2) is 29.7 Å². The molecule has 1 N–H and O–H groups in total. The van der Waals surface area contributed by atoms with E-state index in [1.165, 1.54) is 0 Å². The van der Waals surface area contributed by atoms with Crippen molar-refractivity contribution in [2.45, 2.75) is 53.2 Å². The Bertz CT molecular complexity index is 748. The molecule has 0 spiro atoms. The molecule has 27 heavy (non-hydrogen) atoms. The van der Waals surface area contributed by atoms with E-state index < -0.39 is 5.97 Å². The van der Waals surface area contributed by atoms with Crippen molar-refractivity contribution in [2.24, 2.45) is 0 Å². The fourth-order valence-electron chi connectivity index (χ4n) is 2.35. The predicted octanol–water partition coefficient (Wildman–Crippen LogP) is 2.87. The zero-order valence-electron chi connectivity index (χ0n) is 16.2. The summed E-state index contributed by atoms with van der Waals surface area (Å²) in [6.07, 6.45) is 0.922. The number of nitrogens with one attached hydrogen (secondary N) is 1. The van der Waals surface area contributed by atoms with Gasteiger partial charge in [-0.05, 0) is 44.9 Å². The molecule has 0 fully saturated rings. The number of carbonyl (C=O) groups is 2. The van der Waals surface area contributed by atoms with Crippen LogP contribution in [0.25, 0.3) is 0 Å². The van der Waals surface area contributed by atoms with Gasteiger partial charge in [0, 0.05) is 6.04 Å². The van der Waals surface area contributed by atoms with Crippen molar-refractivity contribution in [3.63, 3.8) is 0 Å². The number of nitrogens with zero attached hydrogens (tertiary/aromatic N) is 1. The van der Waals surface area contributed by atoms with Crippen LogP contribution in [0.3, 0.4) is 0 Å². The van der Waals surface area contributed by atoms with E-state index >= 15 is 0 Å². The molecule has 146 valence electrons. The summed E-state index contributed by atoms with van der Waals surface area (Å²) in [6.45, 7) is 7.69. The highest BCUT2D eigenvalue weighted by molar-refractivity contribution is 5.81. The molecule has 0 aliphatic heterocycles. The third kappa shape index (κ3) is 6.44. The molecule has 1 aromatic heterocycles. The Labute approximate surface area is 159 Å². The molecule has 0 aliphatic rings. The van der Waals surface area contributed by atoms with E-state index in [-0.39, 0.29) is 25.0 Å². The molecule has 1 amide bonds. The zero-order chi connectivity index (χ0) is 19.8. The molecule has 0 saturated heterocycles. The fraction of sp³-hybridized carbons (Fsp3) is 0.450. The number of amides is 1. The number of esters is 1. The van der Waals surface area contributed by atoms with Crippen LogP contribution in [0, 0.1) is 13.8 Å². The first-order valence-corrected chi connectivity index (χ1v) is 8.97. The summed E-state index contributed by atoms with van der Waals surface area (Å²) < 4.78 is 15.8. The third-order valence-electron chi connectivity index (χ3n) is 4.22. The molecule has 1 atom stereocenters. The fourth-order valence-corrected chi connectivity index (χ4v) is 2.35. The molecule has 2 rings (SSSR count). The number of hydrogen-bond acceptors (Lipinski definition) is 6. The van der Waals surface area contributed by atoms with Crippen molar-refractivity contribution in [1.29, 1.82) is 0 Å². The highest BCUT2D eigenvalue weighted by Gasteiger charge is 2.11. The molecule has 7 heteroatoms. The van der Waals surface area contributed by atoms with Crippen molar-refractivity contribution in [3.8, 4) is 5.75 Å². The van der Waals surface area contributed by atoms with Gasteiger partial charge < -0.3 is 19.3 Å². The van der Waals surface area contributed by atoms with Crippen molar-refractivity contribution in [1.82, 2.24) is 10.5 Å². The average Bonchev–Trinajstić information content (AvgIpc) is 2.97. The summed E-state index contributed by atoms with van der Waals surface area (Å²) in [6, 6.07) is 7.23. The van der Waals surface area contributed by atoms with Gasteiger partial charge in [0.2, 0.25) is 0 Å². The highest BCUT2D eigenvalue weighted by atomic mass is 16.5. The summed E-state index contributed by atoms with van der Waals surface area (Å²) in [4.78, 5) is 23.5. The van der Waals surface area contributed by atoms with Gasteiger partial charge in [-0.25, -0.2) is 0 Å². The molecule has 2 aromatic rings. The molecule has 0 bridgehead atoms. The Kier molecular flexibility index (Phi) is 7.40. The first kappa shape index (κ1) is 20.5. The van der Waals surface area contributed by atoms with Gasteiger partial charge in [-0.1, -0.05) is 24.2 Å². The van der Waals surface area contributed by atoms with Crippen molar-refractivity contribution < 1.29 is 23.6 Å². The Hall–Kier alpha value is -2.83. The van der Waals surface area contributed by atoms with Crippen LogP contribution in [0.2, 0.25) is 0 Å². The number of aryl methyl sites for hydroxylation is 2. The van der Waals surface area contributed by atoms with Gasteiger partial charge in [-0.3, -0.25) is 9.59 Å². The molecule has 1 heterocycles. The van der Waals surface area contributed by atoms with Crippen LogP contribution in [0.4, 0.5) is 0 Å². The van der Waals surface area contributed by atoms with Crippen LogP contribution in [0.5, 0.6) is 5.75 Å². The third-order valence-corrected chi connectivity index (χ3v) is 4.22. The zero-order valence-corrected chi connectivity index (χ0v) is 16.2.